The van der Waals surface area contributed by atoms with E-state index in [2.05, 4.69) is 31.8 Å². The predicted molar refractivity (Wildman–Crippen MR) is 70.5 cm³/mol. The number of ether oxygens (including phenoxy) is 1. The van der Waals surface area contributed by atoms with E-state index in [-0.39, 0.29) is 5.41 Å². The molecule has 1 aromatic rings. The average Bonchev–Trinajstić information content (AvgIpc) is 2.73. The van der Waals surface area contributed by atoms with Crippen LogP contribution >= 0.6 is 0 Å². The first-order chi connectivity index (χ1) is 8.49. The van der Waals surface area contributed by atoms with Gasteiger partial charge < -0.3 is 4.74 Å². The Morgan fingerprint density at radius 3 is 2.83 bits per heavy atom. The van der Waals surface area contributed by atoms with Gasteiger partial charge in [-0.05, 0) is 42.7 Å². The lowest BCUT2D eigenvalue weighted by atomic mass is 9.93. The molecule has 0 aliphatic heterocycles. The summed E-state index contributed by atoms with van der Waals surface area (Å²) in [5, 5.41) is 9.14. The second kappa shape index (κ2) is 4.97. The van der Waals surface area contributed by atoms with Gasteiger partial charge in [0.05, 0.1) is 6.61 Å². The minimum atomic E-state index is 0.240. The van der Waals surface area contributed by atoms with Gasteiger partial charge in [0.1, 0.15) is 11.6 Å². The van der Waals surface area contributed by atoms with Gasteiger partial charge in [-0.3, -0.25) is 0 Å². The van der Waals surface area contributed by atoms with Gasteiger partial charge in [-0.1, -0.05) is 20.8 Å². The van der Waals surface area contributed by atoms with E-state index >= 15 is 0 Å². The molecule has 2 rings (SSSR count). The number of aromatic nitrogens is 1. The first kappa shape index (κ1) is 12.9. The second-order valence-electron chi connectivity index (χ2n) is 6.07. The van der Waals surface area contributed by atoms with Gasteiger partial charge in [0.2, 0.25) is 5.88 Å². The van der Waals surface area contributed by atoms with Crippen LogP contribution in [0.2, 0.25) is 0 Å². The topological polar surface area (TPSA) is 45.9 Å². The molecule has 1 aromatic heterocycles. The monoisotopic (exact) mass is 244 g/mol. The fourth-order valence-corrected chi connectivity index (χ4v) is 2.10. The molecule has 0 saturated carbocycles. The summed E-state index contributed by atoms with van der Waals surface area (Å²) >= 11 is 0. The number of rotatable bonds is 3. The highest BCUT2D eigenvalue weighted by Crippen LogP contribution is 2.27. The third-order valence-corrected chi connectivity index (χ3v) is 3.23. The molecule has 0 fully saturated rings. The van der Waals surface area contributed by atoms with E-state index in [0.717, 1.165) is 31.4 Å². The van der Waals surface area contributed by atoms with Gasteiger partial charge in [-0.2, -0.15) is 5.26 Å². The van der Waals surface area contributed by atoms with Crippen molar-refractivity contribution in [1.29, 1.82) is 5.26 Å². The van der Waals surface area contributed by atoms with E-state index in [9.17, 15) is 0 Å². The van der Waals surface area contributed by atoms with Crippen molar-refractivity contribution >= 4 is 0 Å². The molecule has 0 saturated heterocycles. The predicted octanol–water partition coefficient (Wildman–Crippen LogP) is 3.26. The maximum absolute atomic E-state index is 9.14. The van der Waals surface area contributed by atoms with Crippen LogP contribution in [0, 0.1) is 16.7 Å². The summed E-state index contributed by atoms with van der Waals surface area (Å²) in [7, 11) is 0. The van der Waals surface area contributed by atoms with Crippen LogP contribution in [0.4, 0.5) is 0 Å². The second-order valence-corrected chi connectivity index (χ2v) is 6.07. The molecule has 0 aromatic carbocycles. The Bertz CT molecular complexity index is 480. The number of nitrogens with zero attached hydrogens (tertiary/aromatic N) is 2. The summed E-state index contributed by atoms with van der Waals surface area (Å²) in [6.45, 7) is 7.15. The van der Waals surface area contributed by atoms with Crippen LogP contribution in [-0.2, 0) is 12.8 Å². The fourth-order valence-electron chi connectivity index (χ4n) is 2.10. The third kappa shape index (κ3) is 3.01. The largest absolute Gasteiger partial charge is 0.477 e. The van der Waals surface area contributed by atoms with Crippen molar-refractivity contribution < 1.29 is 4.74 Å². The van der Waals surface area contributed by atoms with Crippen molar-refractivity contribution in [2.75, 3.05) is 6.61 Å². The zero-order chi connectivity index (χ0) is 13.2. The van der Waals surface area contributed by atoms with E-state index in [1.54, 1.807) is 0 Å². The SMILES string of the molecule is CC(C)(C)CCOc1nc2c(cc1C#N)CCC2. The van der Waals surface area contributed by atoms with Crippen molar-refractivity contribution in [2.24, 2.45) is 5.41 Å². The van der Waals surface area contributed by atoms with E-state index < -0.39 is 0 Å². The molecule has 0 atom stereocenters. The average molecular weight is 244 g/mol. The highest BCUT2D eigenvalue weighted by atomic mass is 16.5. The summed E-state index contributed by atoms with van der Waals surface area (Å²) in [4.78, 5) is 4.50. The van der Waals surface area contributed by atoms with Gasteiger partial charge >= 0.3 is 0 Å². The van der Waals surface area contributed by atoms with E-state index in [4.69, 9.17) is 10.00 Å². The summed E-state index contributed by atoms with van der Waals surface area (Å²) in [6.07, 6.45) is 4.14. The normalized spacial score (nSPS) is 14.1. The van der Waals surface area contributed by atoms with Crippen molar-refractivity contribution in [2.45, 2.75) is 46.5 Å². The number of hydrogen-bond acceptors (Lipinski definition) is 3. The molecular weight excluding hydrogens is 224 g/mol. The van der Waals surface area contributed by atoms with Crippen molar-refractivity contribution in [3.05, 3.63) is 22.9 Å². The highest BCUT2D eigenvalue weighted by Gasteiger charge is 2.18. The Morgan fingerprint density at radius 2 is 2.17 bits per heavy atom. The fraction of sp³-hybridized carbons (Fsp3) is 0.600. The van der Waals surface area contributed by atoms with Gasteiger partial charge in [0.25, 0.3) is 0 Å². The quantitative estimate of drug-likeness (QED) is 0.819. The number of fused-ring (bicyclic) bond motifs is 1. The molecule has 0 amide bonds. The number of aryl methyl sites for hydroxylation is 2. The van der Waals surface area contributed by atoms with Crippen LogP contribution in [0.25, 0.3) is 0 Å². The van der Waals surface area contributed by atoms with Gasteiger partial charge in [-0.25, -0.2) is 4.98 Å². The first-order valence-corrected chi connectivity index (χ1v) is 6.55. The summed E-state index contributed by atoms with van der Waals surface area (Å²) in [5.41, 5.74) is 3.14. The van der Waals surface area contributed by atoms with Crippen molar-refractivity contribution in [3.63, 3.8) is 0 Å². The molecule has 3 heteroatoms. The molecule has 0 spiro atoms. The number of hydrogen-bond donors (Lipinski definition) is 0. The smallest absolute Gasteiger partial charge is 0.231 e. The molecule has 0 radical (unpaired) electrons. The third-order valence-electron chi connectivity index (χ3n) is 3.23. The Kier molecular flexibility index (Phi) is 3.56. The molecule has 18 heavy (non-hydrogen) atoms. The standard InChI is InChI=1S/C15H20N2O/c1-15(2,3)7-8-18-14-12(10-16)9-11-5-4-6-13(11)17-14/h9H,4-8H2,1-3H3. The number of pyridine rings is 1. The van der Waals surface area contributed by atoms with Crippen LogP contribution < -0.4 is 4.74 Å². The maximum atomic E-state index is 9.14. The lowest BCUT2D eigenvalue weighted by molar-refractivity contribution is 0.235. The molecular formula is C15H20N2O. The Morgan fingerprint density at radius 1 is 1.39 bits per heavy atom. The molecule has 96 valence electrons. The minimum Gasteiger partial charge on any atom is -0.477 e. The lowest BCUT2D eigenvalue weighted by Gasteiger charge is -2.18. The Labute approximate surface area is 109 Å². The van der Waals surface area contributed by atoms with Crippen molar-refractivity contribution in [3.8, 4) is 11.9 Å². The zero-order valence-electron chi connectivity index (χ0n) is 11.4. The Hall–Kier alpha value is -1.56. The first-order valence-electron chi connectivity index (χ1n) is 6.55. The molecule has 1 aliphatic carbocycles. The number of nitriles is 1. The lowest BCUT2D eigenvalue weighted by Crippen LogP contribution is -2.12. The van der Waals surface area contributed by atoms with Crippen LogP contribution in [0.5, 0.6) is 5.88 Å². The van der Waals surface area contributed by atoms with E-state index in [1.165, 1.54) is 5.56 Å². The summed E-state index contributed by atoms with van der Waals surface area (Å²) in [5.74, 6) is 0.516. The molecule has 0 unspecified atom stereocenters. The van der Waals surface area contributed by atoms with Crippen LogP contribution in [-0.4, -0.2) is 11.6 Å². The molecule has 1 aliphatic rings. The van der Waals surface area contributed by atoms with Gasteiger partial charge in [-0.15, -0.1) is 0 Å². The molecule has 0 N–H and O–H groups in total. The van der Waals surface area contributed by atoms with Crippen molar-refractivity contribution in [1.82, 2.24) is 4.98 Å². The van der Waals surface area contributed by atoms with E-state index in [1.807, 2.05) is 6.07 Å². The van der Waals surface area contributed by atoms with Gasteiger partial charge in [0, 0.05) is 5.69 Å². The summed E-state index contributed by atoms with van der Waals surface area (Å²) < 4.78 is 5.70. The van der Waals surface area contributed by atoms with Crippen LogP contribution in [0.15, 0.2) is 6.07 Å². The summed E-state index contributed by atoms with van der Waals surface area (Å²) in [6, 6.07) is 4.13. The highest BCUT2D eigenvalue weighted by molar-refractivity contribution is 5.44. The van der Waals surface area contributed by atoms with Crippen LogP contribution in [0.1, 0.15) is 50.4 Å². The maximum Gasteiger partial charge on any atom is 0.231 e. The molecule has 0 bridgehead atoms. The van der Waals surface area contributed by atoms with Crippen LogP contribution in [0.3, 0.4) is 0 Å². The van der Waals surface area contributed by atoms with E-state index in [0.29, 0.717) is 18.1 Å². The Balaban J connectivity index is 2.10. The zero-order valence-corrected chi connectivity index (χ0v) is 11.4. The minimum absolute atomic E-state index is 0.240. The van der Waals surface area contributed by atoms with Gasteiger partial charge in [0.15, 0.2) is 0 Å². The molecule has 3 nitrogen and oxygen atoms in total. The molecule has 1 heterocycles.